The number of rotatable bonds is 4. The monoisotopic (exact) mass is 456 g/mol. The van der Waals surface area contributed by atoms with Gasteiger partial charge in [0.25, 0.3) is 0 Å². The second-order valence-electron chi connectivity index (χ2n) is 9.58. The second-order valence-corrected chi connectivity index (χ2v) is 11.4. The smallest absolute Gasteiger partial charge is 0.236 e. The summed E-state index contributed by atoms with van der Waals surface area (Å²) in [5.41, 5.74) is 1.88. The Morgan fingerprint density at radius 3 is 2.16 bits per heavy atom. The van der Waals surface area contributed by atoms with Gasteiger partial charge < -0.3 is 9.32 Å². The number of hydrogen-bond donors (Lipinski definition) is 0. The summed E-state index contributed by atoms with van der Waals surface area (Å²) in [6, 6.07) is 12.6. The van der Waals surface area contributed by atoms with Crippen molar-refractivity contribution in [1.82, 2.24) is 4.98 Å². The molecule has 0 saturated carbocycles. The van der Waals surface area contributed by atoms with E-state index in [1.807, 2.05) is 29.2 Å². The van der Waals surface area contributed by atoms with Crippen LogP contribution >= 0.6 is 0 Å². The molecule has 2 aromatic carbocycles. The van der Waals surface area contributed by atoms with Gasteiger partial charge in [-0.1, -0.05) is 39.8 Å². The molecule has 1 aliphatic rings. The molecule has 5 nitrogen and oxygen atoms in total. The number of sulfone groups is 1. The highest BCUT2D eigenvalue weighted by Gasteiger charge is 2.32. The highest BCUT2D eigenvalue weighted by atomic mass is 32.2. The molecular formula is C25H29FN2O3S. The van der Waals surface area contributed by atoms with Crippen LogP contribution in [0.2, 0.25) is 0 Å². The SMILES string of the molecule is CC1CCN(c2oc(-c3ccc(C(C)(C)C)cc3)nc2S(=O)(=O)c2ccc(F)cc2)CC1. The van der Waals surface area contributed by atoms with Gasteiger partial charge in [0, 0.05) is 18.7 Å². The minimum atomic E-state index is -3.98. The molecule has 3 aromatic rings. The first-order chi connectivity index (χ1) is 15.1. The molecule has 0 aliphatic carbocycles. The van der Waals surface area contributed by atoms with Gasteiger partial charge in [-0.15, -0.1) is 0 Å². The summed E-state index contributed by atoms with van der Waals surface area (Å²) in [6.07, 6.45) is 1.90. The van der Waals surface area contributed by atoms with E-state index in [-0.39, 0.29) is 27.1 Å². The summed E-state index contributed by atoms with van der Waals surface area (Å²) in [6.45, 7) is 9.99. The molecule has 32 heavy (non-hydrogen) atoms. The normalized spacial score (nSPS) is 15.8. The maximum atomic E-state index is 13.4. The van der Waals surface area contributed by atoms with E-state index in [0.29, 0.717) is 24.6 Å². The Morgan fingerprint density at radius 2 is 1.59 bits per heavy atom. The van der Waals surface area contributed by atoms with Crippen molar-refractivity contribution < 1.29 is 17.2 Å². The summed E-state index contributed by atoms with van der Waals surface area (Å²) in [7, 11) is -3.98. The number of hydrogen-bond acceptors (Lipinski definition) is 5. The fraction of sp³-hybridized carbons (Fsp3) is 0.400. The van der Waals surface area contributed by atoms with E-state index in [2.05, 4.69) is 32.7 Å². The fourth-order valence-electron chi connectivity index (χ4n) is 3.85. The number of nitrogens with zero attached hydrogens (tertiary/aromatic N) is 2. The van der Waals surface area contributed by atoms with Crippen molar-refractivity contribution in [2.45, 2.75) is 55.9 Å². The molecule has 0 N–H and O–H groups in total. The van der Waals surface area contributed by atoms with Gasteiger partial charge in [0.05, 0.1) is 4.90 Å². The van der Waals surface area contributed by atoms with E-state index in [1.54, 1.807) is 0 Å². The molecule has 1 saturated heterocycles. The zero-order valence-electron chi connectivity index (χ0n) is 18.9. The van der Waals surface area contributed by atoms with Crippen LogP contribution < -0.4 is 4.90 Å². The topological polar surface area (TPSA) is 63.4 Å². The van der Waals surface area contributed by atoms with Crippen LogP contribution in [-0.2, 0) is 15.3 Å². The van der Waals surface area contributed by atoms with Crippen molar-refractivity contribution in [2.24, 2.45) is 5.92 Å². The lowest BCUT2D eigenvalue weighted by Crippen LogP contribution is -2.33. The molecule has 7 heteroatoms. The molecule has 0 bridgehead atoms. The third kappa shape index (κ3) is 4.44. The van der Waals surface area contributed by atoms with Crippen LogP contribution in [0.4, 0.5) is 10.3 Å². The van der Waals surface area contributed by atoms with Crippen molar-refractivity contribution in [1.29, 1.82) is 0 Å². The third-order valence-corrected chi connectivity index (χ3v) is 7.69. The van der Waals surface area contributed by atoms with E-state index < -0.39 is 15.7 Å². The average Bonchev–Trinajstić information content (AvgIpc) is 3.20. The van der Waals surface area contributed by atoms with Gasteiger partial charge >= 0.3 is 0 Å². The lowest BCUT2D eigenvalue weighted by Gasteiger charge is -2.30. The van der Waals surface area contributed by atoms with E-state index >= 15 is 0 Å². The number of piperidine rings is 1. The zero-order chi connectivity index (χ0) is 23.1. The first-order valence-corrected chi connectivity index (χ1v) is 12.4. The van der Waals surface area contributed by atoms with Crippen molar-refractivity contribution in [3.8, 4) is 11.5 Å². The number of aromatic nitrogens is 1. The van der Waals surface area contributed by atoms with Crippen molar-refractivity contribution in [3.05, 3.63) is 59.9 Å². The molecule has 1 fully saturated rings. The lowest BCUT2D eigenvalue weighted by molar-refractivity contribution is 0.415. The average molecular weight is 457 g/mol. The van der Waals surface area contributed by atoms with Gasteiger partial charge in [-0.2, -0.15) is 4.98 Å². The molecule has 2 heterocycles. The van der Waals surface area contributed by atoms with Gasteiger partial charge in [-0.25, -0.2) is 12.8 Å². The van der Waals surface area contributed by atoms with Crippen LogP contribution in [0.3, 0.4) is 0 Å². The van der Waals surface area contributed by atoms with Crippen LogP contribution in [0.5, 0.6) is 0 Å². The largest absolute Gasteiger partial charge is 0.419 e. The van der Waals surface area contributed by atoms with Gasteiger partial charge in [0.1, 0.15) is 5.82 Å². The van der Waals surface area contributed by atoms with Crippen molar-refractivity contribution >= 4 is 15.7 Å². The Hall–Kier alpha value is -2.67. The molecule has 0 unspecified atom stereocenters. The molecule has 1 aromatic heterocycles. The highest BCUT2D eigenvalue weighted by Crippen LogP contribution is 2.37. The molecule has 0 spiro atoms. The quantitative estimate of drug-likeness (QED) is 0.461. The van der Waals surface area contributed by atoms with Gasteiger partial charge in [0.15, 0.2) is 0 Å². The summed E-state index contributed by atoms with van der Waals surface area (Å²) >= 11 is 0. The summed E-state index contributed by atoms with van der Waals surface area (Å²) in [5, 5.41) is -0.117. The molecular weight excluding hydrogens is 427 g/mol. The van der Waals surface area contributed by atoms with Gasteiger partial charge in [-0.3, -0.25) is 0 Å². The molecule has 170 valence electrons. The maximum Gasteiger partial charge on any atom is 0.236 e. The van der Waals surface area contributed by atoms with Crippen molar-refractivity contribution in [3.63, 3.8) is 0 Å². The van der Waals surface area contributed by atoms with Gasteiger partial charge in [0.2, 0.25) is 26.6 Å². The highest BCUT2D eigenvalue weighted by molar-refractivity contribution is 7.91. The van der Waals surface area contributed by atoms with Crippen LogP contribution in [0.15, 0.2) is 62.9 Å². The minimum Gasteiger partial charge on any atom is -0.419 e. The van der Waals surface area contributed by atoms with E-state index in [0.717, 1.165) is 30.5 Å². The van der Waals surface area contributed by atoms with E-state index in [1.165, 1.54) is 12.1 Å². The Kier molecular flexibility index (Phi) is 5.88. The Balaban J connectivity index is 1.79. The Bertz CT molecular complexity index is 1190. The first kappa shape index (κ1) is 22.5. The first-order valence-electron chi connectivity index (χ1n) is 10.9. The second kappa shape index (κ2) is 8.35. The maximum absolute atomic E-state index is 13.4. The summed E-state index contributed by atoms with van der Waals surface area (Å²) in [5.74, 6) is 0.612. The summed E-state index contributed by atoms with van der Waals surface area (Å²) < 4.78 is 46.3. The van der Waals surface area contributed by atoms with E-state index in [9.17, 15) is 12.8 Å². The Morgan fingerprint density at radius 1 is 1.00 bits per heavy atom. The predicted octanol–water partition coefficient (Wildman–Crippen LogP) is 5.85. The molecule has 0 atom stereocenters. The lowest BCUT2D eigenvalue weighted by atomic mass is 9.87. The minimum absolute atomic E-state index is 0.00185. The molecule has 1 aliphatic heterocycles. The summed E-state index contributed by atoms with van der Waals surface area (Å²) in [4.78, 5) is 6.40. The number of benzene rings is 2. The number of anilines is 1. The van der Waals surface area contributed by atoms with Crippen LogP contribution in [0.25, 0.3) is 11.5 Å². The van der Waals surface area contributed by atoms with E-state index in [4.69, 9.17) is 4.42 Å². The third-order valence-electron chi connectivity index (χ3n) is 6.03. The zero-order valence-corrected chi connectivity index (χ0v) is 19.7. The molecule has 0 radical (unpaired) electrons. The van der Waals surface area contributed by atoms with Crippen molar-refractivity contribution in [2.75, 3.05) is 18.0 Å². The van der Waals surface area contributed by atoms with Crippen LogP contribution in [0, 0.1) is 11.7 Å². The number of oxazole rings is 1. The fourth-order valence-corrected chi connectivity index (χ4v) is 5.17. The number of halogens is 1. The molecule has 4 rings (SSSR count). The Labute approximate surface area is 189 Å². The van der Waals surface area contributed by atoms with Gasteiger partial charge in [-0.05, 0) is 66.1 Å². The standard InChI is InChI=1S/C25H29FN2O3S/c1-17-13-15-28(16-14-17)24-23(32(29,30)21-11-9-20(26)10-12-21)27-22(31-24)18-5-7-19(8-6-18)25(2,3)4/h5-12,17H,13-16H2,1-4H3. The molecule has 0 amide bonds. The van der Waals surface area contributed by atoms with Crippen LogP contribution in [0.1, 0.15) is 46.1 Å². The predicted molar refractivity (Wildman–Crippen MR) is 123 cm³/mol. The van der Waals surface area contributed by atoms with Crippen LogP contribution in [-0.4, -0.2) is 26.5 Å².